The Labute approximate surface area is 110 Å². The molecule has 0 radical (unpaired) electrons. The summed E-state index contributed by atoms with van der Waals surface area (Å²) in [6.45, 7) is -1.96. The molecule has 0 spiro atoms. The normalized spacial score (nSPS) is 12.4. The van der Waals surface area contributed by atoms with E-state index < -0.39 is 24.9 Å². The number of halogens is 3. The van der Waals surface area contributed by atoms with Gasteiger partial charge in [-0.3, -0.25) is 14.8 Å². The molecule has 0 unspecified atom stereocenters. The van der Waals surface area contributed by atoms with Crippen LogP contribution < -0.4 is 5.56 Å². The Morgan fingerprint density at radius 2 is 2.20 bits per heavy atom. The highest BCUT2D eigenvalue weighted by Gasteiger charge is 2.30. The van der Waals surface area contributed by atoms with Gasteiger partial charge in [0.2, 0.25) is 0 Å². The minimum Gasteiger partial charge on any atom is -0.395 e. The third-order valence-corrected chi connectivity index (χ3v) is 2.53. The fourth-order valence-corrected chi connectivity index (χ4v) is 1.79. The number of aliphatic hydroxyl groups excluding tert-OH is 1. The number of hydrogen-bond acceptors (Lipinski definition) is 5. The Bertz CT molecular complexity index is 636. The van der Waals surface area contributed by atoms with Gasteiger partial charge in [-0.05, 0) is 0 Å². The molecule has 0 amide bonds. The summed E-state index contributed by atoms with van der Waals surface area (Å²) in [7, 11) is 0. The molecule has 2 N–H and O–H groups in total. The molecule has 2 heterocycles. The minimum absolute atomic E-state index is 0.0865. The molecule has 0 bridgehead atoms. The number of rotatable bonds is 5. The zero-order chi connectivity index (χ0) is 14.8. The van der Waals surface area contributed by atoms with E-state index in [0.717, 1.165) is 15.5 Å². The summed E-state index contributed by atoms with van der Waals surface area (Å²) in [5.74, 6) is 0.0865. The van der Waals surface area contributed by atoms with Crippen LogP contribution in [0.3, 0.4) is 0 Å². The molecule has 0 fully saturated rings. The average Bonchev–Trinajstić information content (AvgIpc) is 2.75. The van der Waals surface area contributed by atoms with E-state index in [1.54, 1.807) is 0 Å². The first-order chi connectivity index (χ1) is 9.39. The van der Waals surface area contributed by atoms with Crippen LogP contribution >= 0.6 is 0 Å². The lowest BCUT2D eigenvalue weighted by atomic mass is 10.3. The average molecular weight is 291 g/mol. The second-order valence-corrected chi connectivity index (χ2v) is 4.16. The van der Waals surface area contributed by atoms with Gasteiger partial charge in [0, 0.05) is 19.2 Å². The van der Waals surface area contributed by atoms with E-state index in [9.17, 15) is 18.0 Å². The molecule has 10 heteroatoms. The van der Waals surface area contributed by atoms with Gasteiger partial charge in [-0.2, -0.15) is 17.7 Å². The lowest BCUT2D eigenvalue weighted by Gasteiger charge is -2.22. The van der Waals surface area contributed by atoms with Crippen molar-refractivity contribution in [1.82, 2.24) is 24.5 Å². The van der Waals surface area contributed by atoms with Crippen molar-refractivity contribution >= 4 is 5.78 Å². The highest BCUT2D eigenvalue weighted by molar-refractivity contribution is 5.25. The van der Waals surface area contributed by atoms with Crippen LogP contribution in [0, 0.1) is 0 Å². The first kappa shape index (κ1) is 14.5. The molecule has 0 saturated carbocycles. The number of aromatic amines is 1. The van der Waals surface area contributed by atoms with Crippen LogP contribution in [-0.4, -0.2) is 55.5 Å². The minimum atomic E-state index is -4.39. The standard InChI is InChI=1S/C10H12F3N5O2/c11-10(12,13)5-17(1-2-19)4-7-3-8(20)18-9(16-7)14-6-15-18/h3,6,19H,1-2,4-5H2,(H,14,15,16). The topological polar surface area (TPSA) is 86.5 Å². The Morgan fingerprint density at radius 1 is 1.45 bits per heavy atom. The van der Waals surface area contributed by atoms with Crippen LogP contribution in [0.2, 0.25) is 0 Å². The second-order valence-electron chi connectivity index (χ2n) is 4.16. The molecular formula is C10H12F3N5O2. The molecule has 0 atom stereocenters. The monoisotopic (exact) mass is 291 g/mol. The van der Waals surface area contributed by atoms with Gasteiger partial charge in [0.1, 0.15) is 6.33 Å². The Hall–Kier alpha value is -1.94. The van der Waals surface area contributed by atoms with E-state index in [-0.39, 0.29) is 24.6 Å². The van der Waals surface area contributed by atoms with Crippen molar-refractivity contribution in [3.8, 4) is 0 Å². The predicted molar refractivity (Wildman–Crippen MR) is 62.0 cm³/mol. The quantitative estimate of drug-likeness (QED) is 0.795. The first-order valence-corrected chi connectivity index (χ1v) is 5.71. The molecule has 7 nitrogen and oxygen atoms in total. The van der Waals surface area contributed by atoms with Crippen molar-refractivity contribution in [2.75, 3.05) is 19.7 Å². The number of nitrogens with zero attached hydrogens (tertiary/aromatic N) is 4. The maximum Gasteiger partial charge on any atom is 0.401 e. The molecule has 0 aliphatic rings. The van der Waals surface area contributed by atoms with E-state index >= 15 is 0 Å². The summed E-state index contributed by atoms with van der Waals surface area (Å²) >= 11 is 0. The van der Waals surface area contributed by atoms with Crippen LogP contribution in [0.5, 0.6) is 0 Å². The SMILES string of the molecule is O=c1cc(CN(CCO)CC(F)(F)F)nc2nc[nH]n12. The maximum atomic E-state index is 12.4. The Morgan fingerprint density at radius 3 is 2.85 bits per heavy atom. The summed E-state index contributed by atoms with van der Waals surface area (Å²) in [5, 5.41) is 11.3. The van der Waals surface area contributed by atoms with Crippen molar-refractivity contribution in [3.05, 3.63) is 28.4 Å². The second kappa shape index (κ2) is 5.59. The van der Waals surface area contributed by atoms with Gasteiger partial charge < -0.3 is 5.11 Å². The number of nitrogens with one attached hydrogen (secondary N) is 1. The van der Waals surface area contributed by atoms with Crippen molar-refractivity contribution in [1.29, 1.82) is 0 Å². The molecule has 2 rings (SSSR count). The fourth-order valence-electron chi connectivity index (χ4n) is 1.79. The number of alkyl halides is 3. The largest absolute Gasteiger partial charge is 0.401 e. The Kier molecular flexibility index (Phi) is 4.04. The highest BCUT2D eigenvalue weighted by Crippen LogP contribution is 2.17. The van der Waals surface area contributed by atoms with Crippen LogP contribution in [0.25, 0.3) is 5.78 Å². The summed E-state index contributed by atoms with van der Waals surface area (Å²) in [6, 6.07) is 1.13. The zero-order valence-corrected chi connectivity index (χ0v) is 10.3. The van der Waals surface area contributed by atoms with Gasteiger partial charge in [0.05, 0.1) is 18.8 Å². The van der Waals surface area contributed by atoms with Crippen LogP contribution in [0.4, 0.5) is 13.2 Å². The lowest BCUT2D eigenvalue weighted by Crippen LogP contribution is -2.36. The summed E-state index contributed by atoms with van der Waals surface area (Å²) < 4.78 is 38.2. The van der Waals surface area contributed by atoms with E-state index in [2.05, 4.69) is 15.1 Å². The van der Waals surface area contributed by atoms with Gasteiger partial charge in [-0.1, -0.05) is 0 Å². The molecule has 20 heavy (non-hydrogen) atoms. The number of hydrogen-bond donors (Lipinski definition) is 2. The van der Waals surface area contributed by atoms with Gasteiger partial charge in [0.15, 0.2) is 0 Å². The van der Waals surface area contributed by atoms with Crippen LogP contribution in [0.15, 0.2) is 17.2 Å². The van der Waals surface area contributed by atoms with Crippen LogP contribution in [0.1, 0.15) is 5.69 Å². The van der Waals surface area contributed by atoms with Crippen LogP contribution in [-0.2, 0) is 6.54 Å². The first-order valence-electron chi connectivity index (χ1n) is 5.71. The molecule has 0 aliphatic carbocycles. The summed E-state index contributed by atoms with van der Waals surface area (Å²) in [5.41, 5.74) is -0.293. The number of aromatic nitrogens is 4. The van der Waals surface area contributed by atoms with Crippen molar-refractivity contribution in [2.24, 2.45) is 0 Å². The molecule has 0 aliphatic heterocycles. The molecule has 2 aromatic rings. The highest BCUT2D eigenvalue weighted by atomic mass is 19.4. The van der Waals surface area contributed by atoms with Crippen molar-refractivity contribution in [2.45, 2.75) is 12.7 Å². The maximum absolute atomic E-state index is 12.4. The molecule has 110 valence electrons. The molecular weight excluding hydrogens is 279 g/mol. The molecule has 0 aromatic carbocycles. The third-order valence-electron chi connectivity index (χ3n) is 2.53. The predicted octanol–water partition coefficient (Wildman–Crippen LogP) is -0.226. The number of H-pyrrole nitrogens is 1. The van der Waals surface area contributed by atoms with E-state index in [1.807, 2.05) is 0 Å². The van der Waals surface area contributed by atoms with Gasteiger partial charge in [-0.25, -0.2) is 9.97 Å². The van der Waals surface area contributed by atoms with Crippen molar-refractivity contribution in [3.63, 3.8) is 0 Å². The summed E-state index contributed by atoms with van der Waals surface area (Å²) in [4.78, 5) is 20.4. The van der Waals surface area contributed by atoms with Gasteiger partial charge in [-0.15, -0.1) is 0 Å². The number of fused-ring (bicyclic) bond motifs is 1. The number of aliphatic hydroxyl groups is 1. The molecule has 2 aromatic heterocycles. The smallest absolute Gasteiger partial charge is 0.395 e. The summed E-state index contributed by atoms with van der Waals surface area (Å²) in [6.07, 6.45) is -3.13. The third kappa shape index (κ3) is 3.54. The fraction of sp³-hybridized carbons (Fsp3) is 0.500. The van der Waals surface area contributed by atoms with E-state index in [1.165, 1.54) is 6.33 Å². The van der Waals surface area contributed by atoms with Gasteiger partial charge in [0.25, 0.3) is 11.3 Å². The zero-order valence-electron chi connectivity index (χ0n) is 10.3. The van der Waals surface area contributed by atoms with E-state index in [0.29, 0.717) is 0 Å². The Balaban J connectivity index is 2.21. The van der Waals surface area contributed by atoms with Crippen molar-refractivity contribution < 1.29 is 18.3 Å². The lowest BCUT2D eigenvalue weighted by molar-refractivity contribution is -0.148. The molecule has 0 saturated heterocycles. The van der Waals surface area contributed by atoms with Gasteiger partial charge >= 0.3 is 6.18 Å². The van der Waals surface area contributed by atoms with E-state index in [4.69, 9.17) is 5.11 Å².